The molecule has 178 valence electrons. The van der Waals surface area contributed by atoms with Crippen molar-refractivity contribution in [2.24, 2.45) is 0 Å². The van der Waals surface area contributed by atoms with Crippen molar-refractivity contribution in [2.45, 2.75) is 43.9 Å². The molecule has 35 heavy (non-hydrogen) atoms. The Bertz CT molecular complexity index is 1520. The van der Waals surface area contributed by atoms with Crippen molar-refractivity contribution in [3.05, 3.63) is 101 Å². The van der Waals surface area contributed by atoms with Crippen LogP contribution in [0.25, 0.3) is 15.7 Å². The summed E-state index contributed by atoms with van der Waals surface area (Å²) >= 11 is 0. The molecule has 7 heteroatoms. The molecule has 0 bridgehead atoms. The van der Waals surface area contributed by atoms with Gasteiger partial charge in [0.2, 0.25) is 11.1 Å². The van der Waals surface area contributed by atoms with Gasteiger partial charge in [-0.25, -0.2) is 0 Å². The number of phenolic OH excluding ortho intramolecular Hbond substituents is 1. The van der Waals surface area contributed by atoms with E-state index in [1.54, 1.807) is 18.2 Å². The van der Waals surface area contributed by atoms with Gasteiger partial charge in [0.15, 0.2) is 4.98 Å². The largest absolute Gasteiger partial charge is 0.501 e. The zero-order valence-electron chi connectivity index (χ0n) is 19.9. The predicted octanol–water partition coefficient (Wildman–Crippen LogP) is 7.21. The first-order valence-electron chi connectivity index (χ1n) is 11.5. The SMILES string of the molecule is CCC(CC)(c1ccc(C)cc1)c1ccc(OS(=O)(=O)c2cccc3c(O)c([N+]#N)ccc23)cc1. The van der Waals surface area contributed by atoms with Crippen LogP contribution in [0.15, 0.2) is 83.8 Å². The molecule has 0 amide bonds. The van der Waals surface area contributed by atoms with Gasteiger partial charge in [-0.2, -0.15) is 8.42 Å². The van der Waals surface area contributed by atoms with Crippen molar-refractivity contribution in [2.75, 3.05) is 0 Å². The van der Waals surface area contributed by atoms with Crippen molar-refractivity contribution in [3.63, 3.8) is 0 Å². The molecule has 0 fully saturated rings. The number of hydrogen-bond donors (Lipinski definition) is 1. The zero-order chi connectivity index (χ0) is 25.2. The molecule has 4 rings (SSSR count). The van der Waals surface area contributed by atoms with Crippen LogP contribution in [-0.2, 0) is 15.5 Å². The van der Waals surface area contributed by atoms with Crippen molar-refractivity contribution in [3.8, 4) is 11.5 Å². The minimum Gasteiger partial charge on any atom is -0.501 e. The first kappa shape index (κ1) is 24.2. The van der Waals surface area contributed by atoms with E-state index in [2.05, 4.69) is 50.0 Å². The van der Waals surface area contributed by atoms with Crippen LogP contribution in [0, 0.1) is 12.3 Å². The maximum Gasteiger partial charge on any atom is 0.426 e. The fourth-order valence-electron chi connectivity index (χ4n) is 4.71. The average Bonchev–Trinajstić information content (AvgIpc) is 2.87. The summed E-state index contributed by atoms with van der Waals surface area (Å²) in [4.78, 5) is 2.93. The van der Waals surface area contributed by atoms with Gasteiger partial charge < -0.3 is 9.29 Å². The Labute approximate surface area is 205 Å². The number of aryl methyl sites for hydroxylation is 1. The molecular weight excluding hydrogens is 460 g/mol. The minimum absolute atomic E-state index is 0.0486. The highest BCUT2D eigenvalue weighted by Gasteiger charge is 2.31. The predicted molar refractivity (Wildman–Crippen MR) is 137 cm³/mol. The van der Waals surface area contributed by atoms with Gasteiger partial charge in [-0.15, -0.1) is 0 Å². The summed E-state index contributed by atoms with van der Waals surface area (Å²) in [5, 5.41) is 19.8. The summed E-state index contributed by atoms with van der Waals surface area (Å²) in [6, 6.07) is 23.0. The molecule has 0 unspecified atom stereocenters. The quantitative estimate of drug-likeness (QED) is 0.220. The third-order valence-corrected chi connectivity index (χ3v) is 8.08. The monoisotopic (exact) mass is 487 g/mol. The lowest BCUT2D eigenvalue weighted by Gasteiger charge is -2.33. The number of benzene rings is 4. The lowest BCUT2D eigenvalue weighted by molar-refractivity contribution is 0.474. The number of phenols is 1. The highest BCUT2D eigenvalue weighted by atomic mass is 32.2. The Morgan fingerprint density at radius 2 is 1.46 bits per heavy atom. The van der Waals surface area contributed by atoms with Gasteiger partial charge in [0, 0.05) is 22.3 Å². The summed E-state index contributed by atoms with van der Waals surface area (Å²) in [5.74, 6) is -0.111. The van der Waals surface area contributed by atoms with Crippen LogP contribution in [0.3, 0.4) is 0 Å². The van der Waals surface area contributed by atoms with E-state index in [0.717, 1.165) is 18.4 Å². The molecule has 0 aliphatic heterocycles. The van der Waals surface area contributed by atoms with Gasteiger partial charge in [0.25, 0.3) is 0 Å². The molecule has 0 heterocycles. The Morgan fingerprint density at radius 3 is 2.03 bits per heavy atom. The van der Waals surface area contributed by atoms with E-state index >= 15 is 0 Å². The highest BCUT2D eigenvalue weighted by molar-refractivity contribution is 7.87. The molecule has 0 atom stereocenters. The van der Waals surface area contributed by atoms with E-state index in [9.17, 15) is 13.5 Å². The van der Waals surface area contributed by atoms with E-state index < -0.39 is 10.1 Å². The van der Waals surface area contributed by atoms with Crippen LogP contribution in [-0.4, -0.2) is 13.5 Å². The second-order valence-corrected chi connectivity index (χ2v) is 10.1. The van der Waals surface area contributed by atoms with Gasteiger partial charge in [-0.1, -0.05) is 67.9 Å². The summed E-state index contributed by atoms with van der Waals surface area (Å²) in [6.45, 7) is 6.38. The fraction of sp³-hybridized carbons (Fsp3) is 0.214. The Hall–Kier alpha value is -3.89. The molecule has 6 nitrogen and oxygen atoms in total. The van der Waals surface area contributed by atoms with Gasteiger partial charge in [-0.3, -0.25) is 0 Å². The second kappa shape index (κ2) is 9.40. The lowest BCUT2D eigenvalue weighted by Crippen LogP contribution is -2.26. The van der Waals surface area contributed by atoms with E-state index in [4.69, 9.17) is 9.58 Å². The molecule has 0 saturated heterocycles. The number of rotatable bonds is 7. The smallest absolute Gasteiger partial charge is 0.426 e. The number of hydrogen-bond acceptors (Lipinski definition) is 5. The molecule has 0 aliphatic carbocycles. The first-order valence-corrected chi connectivity index (χ1v) is 12.9. The lowest BCUT2D eigenvalue weighted by atomic mass is 9.70. The Morgan fingerprint density at radius 1 is 0.857 bits per heavy atom. The van der Waals surface area contributed by atoms with E-state index in [1.165, 1.54) is 35.4 Å². The van der Waals surface area contributed by atoms with Gasteiger partial charge in [0.05, 0.1) is 0 Å². The standard InChI is InChI=1S/C28H26N2O4S/c1-4-28(5-2,20-11-9-19(3)10-12-20)21-13-15-22(16-14-21)34-35(32,33)26-8-6-7-24-23(26)17-18-25(30-29)27(24)31/h6-18H,4-5H2,1-3H3/p+1. The Balaban J connectivity index is 1.69. The van der Waals surface area contributed by atoms with E-state index in [-0.39, 0.29) is 38.3 Å². The highest BCUT2D eigenvalue weighted by Crippen LogP contribution is 2.40. The van der Waals surface area contributed by atoms with Crippen LogP contribution in [0.1, 0.15) is 43.4 Å². The van der Waals surface area contributed by atoms with Crippen LogP contribution < -0.4 is 4.18 Å². The van der Waals surface area contributed by atoms with Gasteiger partial charge in [-0.05, 0) is 55.2 Å². The topological polar surface area (TPSA) is 91.8 Å². The molecular formula is C28H27N2O4S+. The van der Waals surface area contributed by atoms with Crippen molar-refractivity contribution in [1.82, 2.24) is 0 Å². The zero-order valence-corrected chi connectivity index (χ0v) is 20.7. The van der Waals surface area contributed by atoms with Gasteiger partial charge in [0.1, 0.15) is 10.6 Å². The Kier molecular flexibility index (Phi) is 6.51. The van der Waals surface area contributed by atoms with Crippen molar-refractivity contribution < 1.29 is 17.7 Å². The van der Waals surface area contributed by atoms with Crippen molar-refractivity contribution in [1.29, 1.82) is 5.39 Å². The van der Waals surface area contributed by atoms with E-state index in [0.29, 0.717) is 0 Å². The van der Waals surface area contributed by atoms with Crippen LogP contribution in [0.4, 0.5) is 5.69 Å². The molecule has 0 saturated carbocycles. The van der Waals surface area contributed by atoms with Crippen LogP contribution >= 0.6 is 0 Å². The third-order valence-electron chi connectivity index (χ3n) is 6.77. The number of fused-ring (bicyclic) bond motifs is 1. The average molecular weight is 488 g/mol. The van der Waals surface area contributed by atoms with Crippen LogP contribution in [0.2, 0.25) is 0 Å². The summed E-state index contributed by atoms with van der Waals surface area (Å²) < 4.78 is 31.8. The summed E-state index contributed by atoms with van der Waals surface area (Å²) in [5.41, 5.74) is 3.28. The molecule has 0 radical (unpaired) electrons. The van der Waals surface area contributed by atoms with Crippen molar-refractivity contribution >= 4 is 26.6 Å². The second-order valence-electron chi connectivity index (χ2n) is 8.60. The summed E-state index contributed by atoms with van der Waals surface area (Å²) in [6.07, 6.45) is 1.79. The maximum atomic E-state index is 13.2. The number of aromatic hydroxyl groups is 1. The molecule has 1 N–H and O–H groups in total. The molecule has 4 aromatic carbocycles. The molecule has 0 aromatic heterocycles. The van der Waals surface area contributed by atoms with E-state index in [1.807, 2.05) is 12.1 Å². The normalized spacial score (nSPS) is 11.8. The molecule has 4 aromatic rings. The minimum atomic E-state index is -4.20. The van der Waals surface area contributed by atoms with Gasteiger partial charge >= 0.3 is 15.8 Å². The number of diazo groups is 1. The third kappa shape index (κ3) is 4.33. The number of nitrogens with zero attached hydrogens (tertiary/aromatic N) is 2. The molecule has 0 aliphatic rings. The first-order chi connectivity index (χ1) is 16.8. The maximum absolute atomic E-state index is 13.2. The molecule has 0 spiro atoms. The fourth-order valence-corrected chi connectivity index (χ4v) is 5.85. The van der Waals surface area contributed by atoms with Crippen LogP contribution in [0.5, 0.6) is 11.5 Å². The summed E-state index contributed by atoms with van der Waals surface area (Å²) in [7, 11) is -4.20.